The molecule has 0 aliphatic rings. The molecule has 0 bridgehead atoms. The standard InChI is InChI=1S/C10H10BrN3O2S/c11-7-1-2-9(8(13)5-7)17(16)6-10(15)14-4-3-12/h1-2,5H,4,6,13H2,(H,14,15). The molecule has 0 heterocycles. The van der Waals surface area contributed by atoms with Crippen molar-refractivity contribution in [3.63, 3.8) is 0 Å². The highest BCUT2D eigenvalue weighted by Crippen LogP contribution is 2.21. The van der Waals surface area contributed by atoms with E-state index in [0.29, 0.717) is 10.6 Å². The van der Waals surface area contributed by atoms with Gasteiger partial charge in [-0.05, 0) is 18.2 Å². The first kappa shape index (κ1) is 13.7. The van der Waals surface area contributed by atoms with Crippen molar-refractivity contribution >= 4 is 38.3 Å². The largest absolute Gasteiger partial charge is 0.398 e. The average molecular weight is 316 g/mol. The van der Waals surface area contributed by atoms with E-state index >= 15 is 0 Å². The van der Waals surface area contributed by atoms with Gasteiger partial charge in [-0.2, -0.15) is 5.26 Å². The molecule has 1 aromatic carbocycles. The van der Waals surface area contributed by atoms with E-state index in [2.05, 4.69) is 21.2 Å². The summed E-state index contributed by atoms with van der Waals surface area (Å²) in [6.45, 7) is -0.0914. The van der Waals surface area contributed by atoms with Crippen LogP contribution in [0.15, 0.2) is 27.6 Å². The number of carbonyl (C=O) groups excluding carboxylic acids is 1. The molecular formula is C10H10BrN3O2S. The fraction of sp³-hybridized carbons (Fsp3) is 0.200. The van der Waals surface area contributed by atoms with Gasteiger partial charge in [0.1, 0.15) is 12.3 Å². The number of carbonyl (C=O) groups is 1. The van der Waals surface area contributed by atoms with Crippen LogP contribution in [0.4, 0.5) is 5.69 Å². The molecule has 7 heteroatoms. The zero-order chi connectivity index (χ0) is 12.8. The lowest BCUT2D eigenvalue weighted by molar-refractivity contribution is -0.118. The van der Waals surface area contributed by atoms with Crippen LogP contribution in [0.3, 0.4) is 0 Å². The Balaban J connectivity index is 2.71. The van der Waals surface area contributed by atoms with Gasteiger partial charge in [0.15, 0.2) is 0 Å². The Labute approximate surface area is 110 Å². The van der Waals surface area contributed by atoms with Gasteiger partial charge in [0.25, 0.3) is 0 Å². The van der Waals surface area contributed by atoms with Gasteiger partial charge in [-0.25, -0.2) is 0 Å². The molecule has 1 amide bonds. The van der Waals surface area contributed by atoms with Crippen molar-refractivity contribution < 1.29 is 9.00 Å². The van der Waals surface area contributed by atoms with Crippen molar-refractivity contribution in [3.05, 3.63) is 22.7 Å². The number of hydrogen-bond acceptors (Lipinski definition) is 4. The van der Waals surface area contributed by atoms with Gasteiger partial charge >= 0.3 is 0 Å². The number of nitriles is 1. The third-order valence-electron chi connectivity index (χ3n) is 1.84. The van der Waals surface area contributed by atoms with E-state index < -0.39 is 16.7 Å². The minimum atomic E-state index is -1.50. The van der Waals surface area contributed by atoms with Crippen LogP contribution in [-0.2, 0) is 15.6 Å². The summed E-state index contributed by atoms with van der Waals surface area (Å²) in [7, 11) is -1.50. The molecule has 0 aliphatic heterocycles. The van der Waals surface area contributed by atoms with Crippen LogP contribution in [-0.4, -0.2) is 22.4 Å². The maximum atomic E-state index is 11.8. The molecule has 0 saturated heterocycles. The highest BCUT2D eigenvalue weighted by Gasteiger charge is 2.12. The number of amides is 1. The fourth-order valence-corrected chi connectivity index (χ4v) is 2.53. The summed E-state index contributed by atoms with van der Waals surface area (Å²) in [5.41, 5.74) is 6.06. The van der Waals surface area contributed by atoms with Crippen molar-refractivity contribution in [3.8, 4) is 6.07 Å². The zero-order valence-corrected chi connectivity index (χ0v) is 11.2. The molecule has 0 radical (unpaired) electrons. The van der Waals surface area contributed by atoms with Crippen molar-refractivity contribution in [2.45, 2.75) is 4.90 Å². The van der Waals surface area contributed by atoms with Crippen molar-refractivity contribution in [1.29, 1.82) is 5.26 Å². The van der Waals surface area contributed by atoms with Crippen molar-refractivity contribution in [2.75, 3.05) is 18.0 Å². The second-order valence-corrected chi connectivity index (χ2v) is 5.44. The van der Waals surface area contributed by atoms with Crippen LogP contribution < -0.4 is 11.1 Å². The maximum absolute atomic E-state index is 11.8. The monoisotopic (exact) mass is 315 g/mol. The molecule has 0 fully saturated rings. The molecular weight excluding hydrogens is 306 g/mol. The molecule has 0 saturated carbocycles. The molecule has 1 aromatic rings. The van der Waals surface area contributed by atoms with Gasteiger partial charge in [-0.15, -0.1) is 0 Å². The van der Waals surface area contributed by atoms with Crippen LogP contribution in [0.2, 0.25) is 0 Å². The lowest BCUT2D eigenvalue weighted by Crippen LogP contribution is -2.28. The summed E-state index contributed by atoms with van der Waals surface area (Å²) >= 11 is 3.24. The topological polar surface area (TPSA) is 96.0 Å². The Hall–Kier alpha value is -1.39. The number of anilines is 1. The van der Waals surface area contributed by atoms with Gasteiger partial charge in [0.2, 0.25) is 5.91 Å². The summed E-state index contributed by atoms with van der Waals surface area (Å²) < 4.78 is 12.6. The van der Waals surface area contributed by atoms with E-state index in [1.165, 1.54) is 0 Å². The number of hydrogen-bond donors (Lipinski definition) is 2. The van der Waals surface area contributed by atoms with E-state index in [1.54, 1.807) is 24.3 Å². The van der Waals surface area contributed by atoms with E-state index in [9.17, 15) is 9.00 Å². The van der Waals surface area contributed by atoms with Gasteiger partial charge in [-0.3, -0.25) is 9.00 Å². The first-order chi connectivity index (χ1) is 8.04. The third-order valence-corrected chi connectivity index (χ3v) is 3.72. The first-order valence-electron chi connectivity index (χ1n) is 4.61. The molecule has 1 unspecified atom stereocenters. The Bertz CT molecular complexity index is 499. The Morgan fingerprint density at radius 2 is 2.29 bits per heavy atom. The summed E-state index contributed by atoms with van der Waals surface area (Å²) in [6, 6.07) is 6.70. The highest BCUT2D eigenvalue weighted by molar-refractivity contribution is 9.10. The number of nitrogens with zero attached hydrogens (tertiary/aromatic N) is 1. The van der Waals surface area contributed by atoms with Crippen LogP contribution in [0.5, 0.6) is 0 Å². The number of nitrogens with two attached hydrogens (primary N) is 1. The second-order valence-electron chi connectivity index (χ2n) is 3.11. The highest BCUT2D eigenvalue weighted by atomic mass is 79.9. The van der Waals surface area contributed by atoms with Crippen LogP contribution in [0.1, 0.15) is 0 Å². The SMILES string of the molecule is N#CCNC(=O)CS(=O)c1ccc(Br)cc1N. The quantitative estimate of drug-likeness (QED) is 0.634. The zero-order valence-electron chi connectivity index (χ0n) is 8.77. The number of nitrogen functional groups attached to an aromatic ring is 1. The Kier molecular flexibility index (Phi) is 5.12. The minimum absolute atomic E-state index is 0.0914. The predicted molar refractivity (Wildman–Crippen MR) is 68.5 cm³/mol. The maximum Gasteiger partial charge on any atom is 0.233 e. The van der Waals surface area contributed by atoms with Crippen molar-refractivity contribution in [1.82, 2.24) is 5.32 Å². The van der Waals surface area contributed by atoms with Crippen LogP contribution in [0, 0.1) is 11.3 Å². The van der Waals surface area contributed by atoms with E-state index in [1.807, 2.05) is 0 Å². The average Bonchev–Trinajstić information content (AvgIpc) is 2.26. The third kappa shape index (κ3) is 4.17. The van der Waals surface area contributed by atoms with E-state index in [-0.39, 0.29) is 12.3 Å². The first-order valence-corrected chi connectivity index (χ1v) is 6.73. The van der Waals surface area contributed by atoms with Gasteiger partial charge < -0.3 is 11.1 Å². The molecule has 0 spiro atoms. The normalized spacial score (nSPS) is 11.5. The Morgan fingerprint density at radius 1 is 1.59 bits per heavy atom. The number of halogens is 1. The number of benzene rings is 1. The summed E-state index contributed by atoms with van der Waals surface area (Å²) in [4.78, 5) is 11.7. The minimum Gasteiger partial charge on any atom is -0.398 e. The molecule has 5 nitrogen and oxygen atoms in total. The summed E-state index contributed by atoms with van der Waals surface area (Å²) in [6.07, 6.45) is 0. The molecule has 3 N–H and O–H groups in total. The van der Waals surface area contributed by atoms with Gasteiger partial charge in [0, 0.05) is 10.2 Å². The molecule has 17 heavy (non-hydrogen) atoms. The van der Waals surface area contributed by atoms with Gasteiger partial charge in [0.05, 0.1) is 21.8 Å². The van der Waals surface area contributed by atoms with Gasteiger partial charge in [-0.1, -0.05) is 15.9 Å². The molecule has 1 atom stereocenters. The van der Waals surface area contributed by atoms with E-state index in [4.69, 9.17) is 11.0 Å². The Morgan fingerprint density at radius 3 is 2.88 bits per heavy atom. The molecule has 90 valence electrons. The fourth-order valence-electron chi connectivity index (χ4n) is 1.11. The molecule has 1 rings (SSSR count). The predicted octanol–water partition coefficient (Wildman–Crippen LogP) is 0.779. The van der Waals surface area contributed by atoms with E-state index in [0.717, 1.165) is 4.47 Å². The smallest absolute Gasteiger partial charge is 0.233 e. The van der Waals surface area contributed by atoms with Crippen LogP contribution >= 0.6 is 15.9 Å². The summed E-state index contributed by atoms with van der Waals surface area (Å²) in [5.74, 6) is -0.639. The van der Waals surface area contributed by atoms with Crippen LogP contribution in [0.25, 0.3) is 0 Å². The summed E-state index contributed by atoms with van der Waals surface area (Å²) in [5, 5.41) is 10.6. The van der Waals surface area contributed by atoms with Crippen molar-refractivity contribution in [2.24, 2.45) is 0 Å². The number of nitrogens with one attached hydrogen (secondary N) is 1. The lowest BCUT2D eigenvalue weighted by Gasteiger charge is -2.05. The molecule has 0 aromatic heterocycles. The molecule has 0 aliphatic carbocycles. The lowest BCUT2D eigenvalue weighted by atomic mass is 10.3. The number of rotatable bonds is 4. The second kappa shape index (κ2) is 6.37.